The van der Waals surface area contributed by atoms with E-state index < -0.39 is 0 Å². The molecule has 0 spiro atoms. The number of carbonyl (C=O) groups excluding carboxylic acids is 2. The lowest BCUT2D eigenvalue weighted by Crippen LogP contribution is -2.36. The maximum Gasteiger partial charge on any atom is 0.258 e. The second kappa shape index (κ2) is 9.48. The highest BCUT2D eigenvalue weighted by Crippen LogP contribution is 2.30. The van der Waals surface area contributed by atoms with Gasteiger partial charge in [0.15, 0.2) is 6.61 Å². The maximum absolute atomic E-state index is 12.7. The Hall–Kier alpha value is -3.28. The SMILES string of the molecule is O=C(COc1ccccc1)NCCNC(=O)c1cccc2c3c([nH]c12)CCCCC3. The van der Waals surface area contributed by atoms with Crippen LogP contribution in [0.4, 0.5) is 0 Å². The number of hydrogen-bond acceptors (Lipinski definition) is 3. The Morgan fingerprint density at radius 1 is 0.900 bits per heavy atom. The molecule has 0 aliphatic heterocycles. The standard InChI is InChI=1S/C24H27N3O3/c28-22(16-30-17-8-3-1-4-9-17)25-14-15-26-24(29)20-12-7-11-19-18-10-5-2-6-13-21(18)27-23(19)20/h1,3-4,7-9,11-12,27H,2,5-6,10,13-16H2,(H,25,28)(H,26,29). The van der Waals surface area contributed by atoms with Gasteiger partial charge in [0.05, 0.1) is 11.1 Å². The van der Waals surface area contributed by atoms with Gasteiger partial charge in [0, 0.05) is 24.2 Å². The van der Waals surface area contributed by atoms with E-state index in [2.05, 4.69) is 21.7 Å². The number of benzene rings is 2. The summed E-state index contributed by atoms with van der Waals surface area (Å²) in [6.45, 7) is 0.651. The zero-order chi connectivity index (χ0) is 20.8. The van der Waals surface area contributed by atoms with Crippen LogP contribution in [0.2, 0.25) is 0 Å². The van der Waals surface area contributed by atoms with Crippen molar-refractivity contribution in [2.24, 2.45) is 0 Å². The number of rotatable bonds is 7. The van der Waals surface area contributed by atoms with Crippen LogP contribution in [-0.4, -0.2) is 36.5 Å². The van der Waals surface area contributed by atoms with Crippen LogP contribution in [0.25, 0.3) is 10.9 Å². The highest BCUT2D eigenvalue weighted by molar-refractivity contribution is 6.06. The first-order valence-electron chi connectivity index (χ1n) is 10.6. The highest BCUT2D eigenvalue weighted by Gasteiger charge is 2.18. The minimum Gasteiger partial charge on any atom is -0.484 e. The number of carbonyl (C=O) groups is 2. The average molecular weight is 405 g/mol. The summed E-state index contributed by atoms with van der Waals surface area (Å²) in [5, 5.41) is 6.81. The minimum atomic E-state index is -0.219. The minimum absolute atomic E-state index is 0.0503. The largest absolute Gasteiger partial charge is 0.484 e. The molecule has 6 nitrogen and oxygen atoms in total. The lowest BCUT2D eigenvalue weighted by molar-refractivity contribution is -0.123. The lowest BCUT2D eigenvalue weighted by Gasteiger charge is -2.09. The van der Waals surface area contributed by atoms with E-state index in [0.29, 0.717) is 24.4 Å². The van der Waals surface area contributed by atoms with E-state index in [9.17, 15) is 9.59 Å². The van der Waals surface area contributed by atoms with E-state index in [1.165, 1.54) is 30.5 Å². The lowest BCUT2D eigenvalue weighted by atomic mass is 10.0. The average Bonchev–Trinajstić information content (AvgIpc) is 2.96. The van der Waals surface area contributed by atoms with E-state index in [-0.39, 0.29) is 18.4 Å². The van der Waals surface area contributed by atoms with Gasteiger partial charge in [0.1, 0.15) is 5.75 Å². The summed E-state index contributed by atoms with van der Waals surface area (Å²) in [4.78, 5) is 28.1. The van der Waals surface area contributed by atoms with Crippen LogP contribution in [-0.2, 0) is 17.6 Å². The van der Waals surface area contributed by atoms with Crippen LogP contribution in [0.5, 0.6) is 5.75 Å². The van der Waals surface area contributed by atoms with Crippen molar-refractivity contribution in [3.8, 4) is 5.75 Å². The molecule has 2 amide bonds. The molecule has 0 fully saturated rings. The van der Waals surface area contributed by atoms with Gasteiger partial charge < -0.3 is 20.4 Å². The van der Waals surface area contributed by atoms with Crippen molar-refractivity contribution in [1.29, 1.82) is 0 Å². The predicted molar refractivity (Wildman–Crippen MR) is 117 cm³/mol. The molecule has 156 valence electrons. The van der Waals surface area contributed by atoms with Gasteiger partial charge >= 0.3 is 0 Å². The van der Waals surface area contributed by atoms with E-state index in [0.717, 1.165) is 23.7 Å². The number of amides is 2. The summed E-state index contributed by atoms with van der Waals surface area (Å²) in [7, 11) is 0. The van der Waals surface area contributed by atoms with Gasteiger partial charge in [-0.05, 0) is 49.4 Å². The molecule has 6 heteroatoms. The van der Waals surface area contributed by atoms with Crippen LogP contribution in [0.3, 0.4) is 0 Å². The Morgan fingerprint density at radius 2 is 1.70 bits per heavy atom. The van der Waals surface area contributed by atoms with E-state index in [1.54, 1.807) is 12.1 Å². The van der Waals surface area contributed by atoms with Gasteiger partial charge in [-0.1, -0.05) is 36.8 Å². The van der Waals surface area contributed by atoms with Gasteiger partial charge in [-0.15, -0.1) is 0 Å². The zero-order valence-corrected chi connectivity index (χ0v) is 17.0. The predicted octanol–water partition coefficient (Wildman–Crippen LogP) is 3.36. The third-order valence-electron chi connectivity index (χ3n) is 5.47. The fraction of sp³-hybridized carbons (Fsp3) is 0.333. The van der Waals surface area contributed by atoms with Crippen LogP contribution < -0.4 is 15.4 Å². The fourth-order valence-electron chi connectivity index (χ4n) is 3.99. The summed E-state index contributed by atoms with van der Waals surface area (Å²) in [6, 6.07) is 15.1. The van der Waals surface area contributed by atoms with Gasteiger partial charge in [-0.2, -0.15) is 0 Å². The summed E-state index contributed by atoms with van der Waals surface area (Å²) in [5.74, 6) is 0.300. The Morgan fingerprint density at radius 3 is 2.57 bits per heavy atom. The van der Waals surface area contributed by atoms with Crippen molar-refractivity contribution >= 4 is 22.7 Å². The van der Waals surface area contributed by atoms with Crippen molar-refractivity contribution in [3.63, 3.8) is 0 Å². The first kappa shape index (κ1) is 20.0. The number of ether oxygens (including phenoxy) is 1. The molecule has 0 bridgehead atoms. The molecule has 0 unspecified atom stereocenters. The summed E-state index contributed by atoms with van der Waals surface area (Å²) in [6.07, 6.45) is 5.76. The van der Waals surface area contributed by atoms with Gasteiger partial charge in [-0.3, -0.25) is 9.59 Å². The monoisotopic (exact) mass is 405 g/mol. The smallest absolute Gasteiger partial charge is 0.258 e. The summed E-state index contributed by atoms with van der Waals surface area (Å²) >= 11 is 0. The molecule has 3 N–H and O–H groups in total. The first-order valence-corrected chi connectivity index (χ1v) is 10.6. The van der Waals surface area contributed by atoms with Crippen molar-refractivity contribution in [2.75, 3.05) is 19.7 Å². The quantitative estimate of drug-likeness (QED) is 0.416. The number of aromatic amines is 1. The topological polar surface area (TPSA) is 83.2 Å². The van der Waals surface area contributed by atoms with Crippen molar-refractivity contribution < 1.29 is 14.3 Å². The van der Waals surface area contributed by atoms with Crippen molar-refractivity contribution in [3.05, 3.63) is 65.4 Å². The molecule has 1 heterocycles. The Bertz CT molecular complexity index is 1030. The molecular formula is C24H27N3O3. The highest BCUT2D eigenvalue weighted by atomic mass is 16.5. The van der Waals surface area contributed by atoms with E-state index in [1.807, 2.05) is 30.3 Å². The zero-order valence-electron chi connectivity index (χ0n) is 17.0. The molecule has 0 radical (unpaired) electrons. The molecule has 2 aromatic carbocycles. The number of aryl methyl sites for hydroxylation is 2. The molecule has 1 aliphatic rings. The molecule has 0 saturated carbocycles. The van der Waals surface area contributed by atoms with E-state index >= 15 is 0 Å². The van der Waals surface area contributed by atoms with Gasteiger partial charge in [0.25, 0.3) is 11.8 Å². The van der Waals surface area contributed by atoms with Crippen LogP contribution in [0.1, 0.15) is 40.9 Å². The van der Waals surface area contributed by atoms with Crippen LogP contribution in [0.15, 0.2) is 48.5 Å². The Kier molecular flexibility index (Phi) is 6.32. The van der Waals surface area contributed by atoms with Crippen LogP contribution in [0, 0.1) is 0 Å². The van der Waals surface area contributed by atoms with Crippen LogP contribution >= 0.6 is 0 Å². The second-order valence-electron chi connectivity index (χ2n) is 7.58. The number of para-hydroxylation sites is 2. The molecule has 3 aromatic rings. The number of hydrogen-bond donors (Lipinski definition) is 3. The maximum atomic E-state index is 12.7. The summed E-state index contributed by atoms with van der Waals surface area (Å²) in [5.41, 5.74) is 4.21. The number of aromatic nitrogens is 1. The van der Waals surface area contributed by atoms with Crippen molar-refractivity contribution in [1.82, 2.24) is 15.6 Å². The third-order valence-corrected chi connectivity index (χ3v) is 5.47. The molecule has 1 aliphatic carbocycles. The first-order chi connectivity index (χ1) is 14.7. The van der Waals surface area contributed by atoms with E-state index in [4.69, 9.17) is 4.74 Å². The van der Waals surface area contributed by atoms with Crippen molar-refractivity contribution in [2.45, 2.75) is 32.1 Å². The number of H-pyrrole nitrogens is 1. The normalized spacial score (nSPS) is 13.3. The third kappa shape index (κ3) is 4.64. The molecule has 4 rings (SSSR count). The fourth-order valence-corrected chi connectivity index (χ4v) is 3.99. The Balaban J connectivity index is 1.29. The number of nitrogens with one attached hydrogen (secondary N) is 3. The molecule has 1 aromatic heterocycles. The van der Waals surface area contributed by atoms with Gasteiger partial charge in [-0.25, -0.2) is 0 Å². The summed E-state index contributed by atoms with van der Waals surface area (Å²) < 4.78 is 5.41. The van der Waals surface area contributed by atoms with Gasteiger partial charge in [0.2, 0.25) is 0 Å². The molecule has 0 atom stereocenters. The number of fused-ring (bicyclic) bond motifs is 3. The Labute approximate surface area is 176 Å². The molecule has 0 saturated heterocycles. The molecular weight excluding hydrogens is 378 g/mol. The second-order valence-corrected chi connectivity index (χ2v) is 7.58. The molecule has 30 heavy (non-hydrogen) atoms.